The van der Waals surface area contributed by atoms with Gasteiger partial charge in [0, 0.05) is 30.5 Å². The van der Waals surface area contributed by atoms with Crippen LogP contribution in [0.25, 0.3) is 0 Å². The molecule has 2 aromatic carbocycles. The summed E-state index contributed by atoms with van der Waals surface area (Å²) in [5.41, 5.74) is 1.11. The van der Waals surface area contributed by atoms with Gasteiger partial charge in [-0.1, -0.05) is 35.9 Å². The van der Waals surface area contributed by atoms with Crippen LogP contribution in [-0.2, 0) is 13.1 Å². The van der Waals surface area contributed by atoms with Crippen LogP contribution in [0.15, 0.2) is 60.9 Å². The van der Waals surface area contributed by atoms with Gasteiger partial charge in [-0.05, 0) is 36.8 Å². The van der Waals surface area contributed by atoms with E-state index in [1.807, 2.05) is 42.0 Å². The number of benzene rings is 2. The second kappa shape index (κ2) is 8.15. The Kier molecular flexibility index (Phi) is 5.68. The minimum Gasteiger partial charge on any atom is -0.331 e. The van der Waals surface area contributed by atoms with Gasteiger partial charge in [-0.25, -0.2) is 9.37 Å². The van der Waals surface area contributed by atoms with Crippen LogP contribution in [0.1, 0.15) is 28.7 Å². The molecule has 0 spiro atoms. The maximum Gasteiger partial charge on any atom is 0.257 e. The Labute approximate surface area is 156 Å². The lowest BCUT2D eigenvalue weighted by Crippen LogP contribution is -2.32. The van der Waals surface area contributed by atoms with Crippen LogP contribution in [0.3, 0.4) is 0 Å². The molecule has 1 amide bonds. The molecular formula is C20H19ClFN3O. The molecule has 26 heavy (non-hydrogen) atoms. The summed E-state index contributed by atoms with van der Waals surface area (Å²) in [5.74, 6) is -0.127. The third-order valence-corrected chi connectivity index (χ3v) is 4.38. The quantitative estimate of drug-likeness (QED) is 0.644. The fourth-order valence-corrected chi connectivity index (χ4v) is 2.98. The Hall–Kier alpha value is -2.66. The van der Waals surface area contributed by atoms with E-state index in [4.69, 9.17) is 11.6 Å². The Bertz CT molecular complexity index is 909. The summed E-state index contributed by atoms with van der Waals surface area (Å²) in [6.45, 7) is 3.22. The second-order valence-corrected chi connectivity index (χ2v) is 6.34. The van der Waals surface area contributed by atoms with Gasteiger partial charge in [-0.3, -0.25) is 4.79 Å². The van der Waals surface area contributed by atoms with Crippen molar-refractivity contribution in [1.82, 2.24) is 14.5 Å². The van der Waals surface area contributed by atoms with E-state index < -0.39 is 5.82 Å². The summed E-state index contributed by atoms with van der Waals surface area (Å²) >= 11 is 6.04. The van der Waals surface area contributed by atoms with E-state index in [1.165, 1.54) is 12.1 Å². The zero-order chi connectivity index (χ0) is 18.5. The number of amides is 1. The van der Waals surface area contributed by atoms with Crippen molar-refractivity contribution in [3.05, 3.63) is 88.7 Å². The highest BCUT2D eigenvalue weighted by molar-refractivity contribution is 6.30. The molecule has 0 unspecified atom stereocenters. The summed E-state index contributed by atoms with van der Waals surface area (Å²) in [4.78, 5) is 18.6. The molecule has 0 aliphatic rings. The molecule has 4 nitrogen and oxygen atoms in total. The summed E-state index contributed by atoms with van der Waals surface area (Å²) < 4.78 is 15.9. The average molecular weight is 372 g/mol. The Balaban J connectivity index is 1.78. The highest BCUT2D eigenvalue weighted by Gasteiger charge is 2.19. The third kappa shape index (κ3) is 4.11. The van der Waals surface area contributed by atoms with E-state index in [0.29, 0.717) is 24.7 Å². The lowest BCUT2D eigenvalue weighted by atomic mass is 10.2. The number of rotatable bonds is 6. The molecule has 134 valence electrons. The Morgan fingerprint density at radius 3 is 2.77 bits per heavy atom. The molecule has 0 N–H and O–H groups in total. The van der Waals surface area contributed by atoms with E-state index in [-0.39, 0.29) is 11.5 Å². The molecule has 0 saturated carbocycles. The first-order valence-electron chi connectivity index (χ1n) is 8.36. The van der Waals surface area contributed by atoms with Gasteiger partial charge in [0.25, 0.3) is 5.91 Å². The van der Waals surface area contributed by atoms with Gasteiger partial charge in [0.2, 0.25) is 0 Å². The van der Waals surface area contributed by atoms with Crippen LogP contribution >= 0.6 is 11.6 Å². The van der Waals surface area contributed by atoms with Crippen molar-refractivity contribution >= 4 is 17.5 Å². The van der Waals surface area contributed by atoms with Crippen LogP contribution < -0.4 is 0 Å². The van der Waals surface area contributed by atoms with E-state index >= 15 is 0 Å². The van der Waals surface area contributed by atoms with Crippen molar-refractivity contribution in [2.75, 3.05) is 6.54 Å². The minimum atomic E-state index is -0.516. The fraction of sp³-hybridized carbons (Fsp3) is 0.200. The average Bonchev–Trinajstić information content (AvgIpc) is 3.06. The Morgan fingerprint density at radius 2 is 2.04 bits per heavy atom. The highest BCUT2D eigenvalue weighted by atomic mass is 35.5. The van der Waals surface area contributed by atoms with E-state index in [1.54, 1.807) is 23.2 Å². The SMILES string of the molecule is CCN(Cc1nccn1Cc1cccc(Cl)c1)C(=O)c1ccccc1F. The summed E-state index contributed by atoms with van der Waals surface area (Å²) in [5, 5.41) is 0.675. The van der Waals surface area contributed by atoms with Gasteiger partial charge in [0.15, 0.2) is 0 Å². The van der Waals surface area contributed by atoms with Crippen molar-refractivity contribution in [2.24, 2.45) is 0 Å². The Morgan fingerprint density at radius 1 is 1.23 bits per heavy atom. The molecule has 0 bridgehead atoms. The number of halogens is 2. The lowest BCUT2D eigenvalue weighted by Gasteiger charge is -2.21. The smallest absolute Gasteiger partial charge is 0.257 e. The first-order chi connectivity index (χ1) is 12.6. The molecule has 3 aromatic rings. The molecule has 0 aliphatic carbocycles. The van der Waals surface area contributed by atoms with E-state index in [2.05, 4.69) is 4.98 Å². The van der Waals surface area contributed by atoms with Gasteiger partial charge < -0.3 is 9.47 Å². The molecule has 0 atom stereocenters. The molecule has 0 saturated heterocycles. The van der Waals surface area contributed by atoms with Crippen LogP contribution in [0.5, 0.6) is 0 Å². The number of hydrogen-bond donors (Lipinski definition) is 0. The molecule has 0 radical (unpaired) electrons. The van der Waals surface area contributed by atoms with Crippen molar-refractivity contribution in [3.63, 3.8) is 0 Å². The first kappa shape index (κ1) is 18.1. The standard InChI is InChI=1S/C20H19ClFN3O/c1-2-24(20(26)17-8-3-4-9-18(17)22)14-19-23-10-11-25(19)13-15-6-5-7-16(21)12-15/h3-12H,2,13-14H2,1H3. The van der Waals surface area contributed by atoms with Crippen molar-refractivity contribution in [3.8, 4) is 0 Å². The normalized spacial score (nSPS) is 10.7. The zero-order valence-electron chi connectivity index (χ0n) is 14.4. The number of carbonyl (C=O) groups excluding carboxylic acids is 1. The molecule has 6 heteroatoms. The minimum absolute atomic E-state index is 0.0716. The fourth-order valence-electron chi connectivity index (χ4n) is 2.77. The molecule has 0 fully saturated rings. The van der Waals surface area contributed by atoms with Crippen molar-refractivity contribution < 1.29 is 9.18 Å². The number of nitrogens with zero attached hydrogens (tertiary/aromatic N) is 3. The molecule has 3 rings (SSSR count). The van der Waals surface area contributed by atoms with Gasteiger partial charge in [0.05, 0.1) is 12.1 Å². The van der Waals surface area contributed by atoms with Crippen molar-refractivity contribution in [2.45, 2.75) is 20.0 Å². The first-order valence-corrected chi connectivity index (χ1v) is 8.74. The van der Waals surface area contributed by atoms with Gasteiger partial charge in [0.1, 0.15) is 11.6 Å². The topological polar surface area (TPSA) is 38.1 Å². The predicted octanol–water partition coefficient (Wildman–Crippen LogP) is 4.39. The van der Waals surface area contributed by atoms with E-state index in [0.717, 1.165) is 11.4 Å². The van der Waals surface area contributed by atoms with Crippen LogP contribution in [0.4, 0.5) is 4.39 Å². The predicted molar refractivity (Wildman–Crippen MR) is 99.6 cm³/mol. The molecule has 1 aromatic heterocycles. The number of imidazole rings is 1. The van der Waals surface area contributed by atoms with E-state index in [9.17, 15) is 9.18 Å². The van der Waals surface area contributed by atoms with Crippen molar-refractivity contribution in [1.29, 1.82) is 0 Å². The maximum absolute atomic E-state index is 13.9. The third-order valence-electron chi connectivity index (χ3n) is 4.15. The summed E-state index contributed by atoms with van der Waals surface area (Å²) in [7, 11) is 0. The number of aromatic nitrogens is 2. The molecule has 1 heterocycles. The van der Waals surface area contributed by atoms with Crippen LogP contribution in [-0.4, -0.2) is 26.9 Å². The largest absolute Gasteiger partial charge is 0.331 e. The lowest BCUT2D eigenvalue weighted by molar-refractivity contribution is 0.0742. The van der Waals surface area contributed by atoms with Gasteiger partial charge in [-0.2, -0.15) is 0 Å². The maximum atomic E-state index is 13.9. The highest BCUT2D eigenvalue weighted by Crippen LogP contribution is 2.15. The number of hydrogen-bond acceptors (Lipinski definition) is 2. The summed E-state index contributed by atoms with van der Waals surface area (Å²) in [6.07, 6.45) is 3.55. The van der Waals surface area contributed by atoms with Crippen LogP contribution in [0.2, 0.25) is 5.02 Å². The zero-order valence-corrected chi connectivity index (χ0v) is 15.2. The summed E-state index contributed by atoms with van der Waals surface area (Å²) in [6, 6.07) is 13.6. The number of carbonyl (C=O) groups is 1. The molecule has 0 aliphatic heterocycles. The van der Waals surface area contributed by atoms with Gasteiger partial charge >= 0.3 is 0 Å². The van der Waals surface area contributed by atoms with Crippen LogP contribution in [0, 0.1) is 5.82 Å². The monoisotopic (exact) mass is 371 g/mol. The van der Waals surface area contributed by atoms with Gasteiger partial charge in [-0.15, -0.1) is 0 Å². The second-order valence-electron chi connectivity index (χ2n) is 5.90. The molecular weight excluding hydrogens is 353 g/mol.